The Morgan fingerprint density at radius 3 is 2.61 bits per heavy atom. The number of hydrogen-bond acceptors (Lipinski definition) is 4. The molecule has 0 bridgehead atoms. The predicted octanol–water partition coefficient (Wildman–Crippen LogP) is 2.63. The van der Waals surface area contributed by atoms with Crippen molar-refractivity contribution in [1.82, 2.24) is 0 Å². The van der Waals surface area contributed by atoms with Crippen molar-refractivity contribution in [3.05, 3.63) is 28.2 Å². The lowest BCUT2D eigenvalue weighted by atomic mass is 9.96. The van der Waals surface area contributed by atoms with Gasteiger partial charge in [0.1, 0.15) is 5.75 Å². The van der Waals surface area contributed by atoms with Gasteiger partial charge in [-0.2, -0.15) is 0 Å². The zero-order valence-electron chi connectivity index (χ0n) is 10.7. The largest absolute Gasteiger partial charge is 0.492 e. The number of carbonyl (C=O) groups is 1. The summed E-state index contributed by atoms with van der Waals surface area (Å²) in [5, 5.41) is 9.14. The highest BCUT2D eigenvalue weighted by Crippen LogP contribution is 2.28. The molecule has 0 saturated heterocycles. The second kappa shape index (κ2) is 6.20. The number of esters is 1. The Hall–Kier alpha value is -1.07. The van der Waals surface area contributed by atoms with Gasteiger partial charge in [-0.15, -0.1) is 0 Å². The number of halogens is 1. The van der Waals surface area contributed by atoms with E-state index in [4.69, 9.17) is 9.84 Å². The lowest BCUT2D eigenvalue weighted by Gasteiger charge is -2.22. The van der Waals surface area contributed by atoms with Gasteiger partial charge in [0.2, 0.25) is 0 Å². The van der Waals surface area contributed by atoms with Gasteiger partial charge >= 0.3 is 5.97 Å². The van der Waals surface area contributed by atoms with Crippen LogP contribution in [0.1, 0.15) is 24.2 Å². The van der Waals surface area contributed by atoms with Crippen molar-refractivity contribution in [3.8, 4) is 5.75 Å². The van der Waals surface area contributed by atoms with Crippen molar-refractivity contribution in [2.45, 2.75) is 13.8 Å². The fourth-order valence-electron chi connectivity index (χ4n) is 1.18. The Morgan fingerprint density at radius 2 is 2.11 bits per heavy atom. The van der Waals surface area contributed by atoms with E-state index < -0.39 is 5.97 Å². The van der Waals surface area contributed by atoms with E-state index in [0.29, 0.717) is 22.4 Å². The first kappa shape index (κ1) is 15.0. The summed E-state index contributed by atoms with van der Waals surface area (Å²) >= 11 is 3.34. The van der Waals surface area contributed by atoms with E-state index in [2.05, 4.69) is 20.7 Å². The fraction of sp³-hybridized carbons (Fsp3) is 0.462. The molecule has 0 unspecified atom stereocenters. The second-order valence-corrected chi connectivity index (χ2v) is 5.60. The maximum atomic E-state index is 11.3. The summed E-state index contributed by atoms with van der Waals surface area (Å²) in [7, 11) is 1.34. The van der Waals surface area contributed by atoms with Crippen molar-refractivity contribution in [3.63, 3.8) is 0 Å². The molecule has 0 aromatic heterocycles. The first-order valence-corrected chi connectivity index (χ1v) is 6.30. The molecule has 0 heterocycles. The van der Waals surface area contributed by atoms with Gasteiger partial charge in [-0.05, 0) is 34.1 Å². The van der Waals surface area contributed by atoms with Gasteiger partial charge in [0, 0.05) is 5.41 Å². The number of carbonyl (C=O) groups excluding carboxylic acids is 1. The highest BCUT2D eigenvalue weighted by atomic mass is 79.9. The SMILES string of the molecule is COC(=O)c1ccc(OCC(C)(C)CO)c(Br)c1. The van der Waals surface area contributed by atoms with E-state index in [1.165, 1.54) is 7.11 Å². The van der Waals surface area contributed by atoms with Crippen molar-refractivity contribution in [1.29, 1.82) is 0 Å². The van der Waals surface area contributed by atoms with Gasteiger partial charge in [0.15, 0.2) is 0 Å². The van der Waals surface area contributed by atoms with Gasteiger partial charge in [0.25, 0.3) is 0 Å². The van der Waals surface area contributed by atoms with E-state index in [0.717, 1.165) is 0 Å². The van der Waals surface area contributed by atoms with Crippen LogP contribution in [0.3, 0.4) is 0 Å². The molecule has 0 amide bonds. The summed E-state index contributed by atoms with van der Waals surface area (Å²) in [6.07, 6.45) is 0. The summed E-state index contributed by atoms with van der Waals surface area (Å²) in [5.41, 5.74) is 0.152. The summed E-state index contributed by atoms with van der Waals surface area (Å²) < 4.78 is 10.9. The molecule has 0 aliphatic carbocycles. The van der Waals surface area contributed by atoms with Gasteiger partial charge in [-0.1, -0.05) is 13.8 Å². The Balaban J connectivity index is 2.77. The van der Waals surface area contributed by atoms with Gasteiger partial charge in [-0.25, -0.2) is 4.79 Å². The van der Waals surface area contributed by atoms with Crippen LogP contribution in [0.4, 0.5) is 0 Å². The highest BCUT2D eigenvalue weighted by Gasteiger charge is 2.18. The topological polar surface area (TPSA) is 55.8 Å². The minimum Gasteiger partial charge on any atom is -0.492 e. The number of methoxy groups -OCH3 is 1. The molecular weight excluding hydrogens is 300 g/mol. The lowest BCUT2D eigenvalue weighted by molar-refractivity contribution is 0.0600. The quantitative estimate of drug-likeness (QED) is 0.848. The monoisotopic (exact) mass is 316 g/mol. The zero-order valence-corrected chi connectivity index (χ0v) is 12.3. The van der Waals surface area contributed by atoms with Gasteiger partial charge in [-0.3, -0.25) is 0 Å². The Labute approximate surface area is 115 Å². The van der Waals surface area contributed by atoms with E-state index >= 15 is 0 Å². The molecule has 100 valence electrons. The van der Waals surface area contributed by atoms with Crippen molar-refractivity contribution in [2.24, 2.45) is 5.41 Å². The van der Waals surface area contributed by atoms with Crippen LogP contribution in [0.2, 0.25) is 0 Å². The first-order chi connectivity index (χ1) is 8.39. The molecule has 0 saturated carbocycles. The summed E-state index contributed by atoms with van der Waals surface area (Å²) in [4.78, 5) is 11.3. The van der Waals surface area contributed by atoms with Crippen molar-refractivity contribution in [2.75, 3.05) is 20.3 Å². The van der Waals surface area contributed by atoms with Crippen LogP contribution in [-0.4, -0.2) is 31.4 Å². The number of rotatable bonds is 5. The third-order valence-electron chi connectivity index (χ3n) is 2.40. The van der Waals surface area contributed by atoms with E-state index in [1.54, 1.807) is 18.2 Å². The third-order valence-corrected chi connectivity index (χ3v) is 3.02. The van der Waals surface area contributed by atoms with E-state index in [-0.39, 0.29) is 12.0 Å². The minimum absolute atomic E-state index is 0.0465. The average Bonchev–Trinajstić information content (AvgIpc) is 2.36. The van der Waals surface area contributed by atoms with Crippen LogP contribution < -0.4 is 4.74 Å². The molecule has 1 aromatic carbocycles. The molecule has 1 N–H and O–H groups in total. The average molecular weight is 317 g/mol. The lowest BCUT2D eigenvalue weighted by Crippen LogP contribution is -2.25. The number of ether oxygens (including phenoxy) is 2. The second-order valence-electron chi connectivity index (χ2n) is 4.75. The fourth-order valence-corrected chi connectivity index (χ4v) is 1.67. The number of benzene rings is 1. The van der Waals surface area contributed by atoms with E-state index in [1.807, 2.05) is 13.8 Å². The molecule has 1 aromatic rings. The zero-order chi connectivity index (χ0) is 13.8. The van der Waals surface area contributed by atoms with Crippen LogP contribution in [0, 0.1) is 5.41 Å². The summed E-state index contributed by atoms with van der Waals surface area (Å²) in [6.45, 7) is 4.25. The highest BCUT2D eigenvalue weighted by molar-refractivity contribution is 9.10. The molecule has 1 rings (SSSR count). The van der Waals surface area contributed by atoms with Crippen LogP contribution >= 0.6 is 15.9 Å². The van der Waals surface area contributed by atoms with Crippen LogP contribution in [0.25, 0.3) is 0 Å². The summed E-state index contributed by atoms with van der Waals surface area (Å²) in [6, 6.07) is 4.98. The van der Waals surface area contributed by atoms with Gasteiger partial charge in [0.05, 0.1) is 30.4 Å². The van der Waals surface area contributed by atoms with Crippen LogP contribution in [0.5, 0.6) is 5.75 Å². The van der Waals surface area contributed by atoms with Crippen LogP contribution in [-0.2, 0) is 4.74 Å². The molecule has 18 heavy (non-hydrogen) atoms. The predicted molar refractivity (Wildman–Crippen MR) is 71.8 cm³/mol. The molecule has 4 nitrogen and oxygen atoms in total. The molecule has 0 atom stereocenters. The Bertz CT molecular complexity index is 429. The molecule has 0 spiro atoms. The van der Waals surface area contributed by atoms with Crippen molar-refractivity contribution >= 4 is 21.9 Å². The summed E-state index contributed by atoms with van der Waals surface area (Å²) in [5.74, 6) is 0.238. The van der Waals surface area contributed by atoms with Crippen molar-refractivity contribution < 1.29 is 19.4 Å². The maximum Gasteiger partial charge on any atom is 0.337 e. The maximum absolute atomic E-state index is 11.3. The molecule has 0 radical (unpaired) electrons. The normalized spacial score (nSPS) is 11.2. The molecule has 5 heteroatoms. The number of aliphatic hydroxyl groups is 1. The Morgan fingerprint density at radius 1 is 1.44 bits per heavy atom. The third kappa shape index (κ3) is 3.99. The first-order valence-electron chi connectivity index (χ1n) is 5.51. The number of hydrogen-bond donors (Lipinski definition) is 1. The Kier molecular flexibility index (Phi) is 5.16. The smallest absolute Gasteiger partial charge is 0.337 e. The minimum atomic E-state index is -0.391. The molecular formula is C13H17BrO4. The molecule has 0 aliphatic rings. The van der Waals surface area contributed by atoms with Gasteiger partial charge < -0.3 is 14.6 Å². The van der Waals surface area contributed by atoms with E-state index in [9.17, 15) is 4.79 Å². The molecule has 0 aliphatic heterocycles. The standard InChI is InChI=1S/C13H17BrO4/c1-13(2,7-15)8-18-11-5-4-9(6-10(11)14)12(16)17-3/h4-6,15H,7-8H2,1-3H3. The van der Waals surface area contributed by atoms with Crippen LogP contribution in [0.15, 0.2) is 22.7 Å². The number of aliphatic hydroxyl groups excluding tert-OH is 1. The molecule has 0 fully saturated rings.